The van der Waals surface area contributed by atoms with Gasteiger partial charge in [0.15, 0.2) is 5.17 Å². The van der Waals surface area contributed by atoms with Gasteiger partial charge in [-0.1, -0.05) is 23.9 Å². The average molecular weight is 264 g/mol. The van der Waals surface area contributed by atoms with Crippen LogP contribution < -0.4 is 10.1 Å². The van der Waals surface area contributed by atoms with E-state index in [1.54, 1.807) is 7.11 Å². The zero-order valence-corrected chi connectivity index (χ0v) is 11.8. The van der Waals surface area contributed by atoms with Crippen LogP contribution in [0.2, 0.25) is 0 Å². The summed E-state index contributed by atoms with van der Waals surface area (Å²) in [5.74, 6) is 2.08. The van der Waals surface area contributed by atoms with E-state index in [1.807, 2.05) is 23.9 Å². The van der Waals surface area contributed by atoms with Crippen LogP contribution in [-0.4, -0.2) is 30.6 Å². The van der Waals surface area contributed by atoms with Gasteiger partial charge in [-0.15, -0.1) is 0 Å². The molecular weight excluding hydrogens is 244 g/mol. The summed E-state index contributed by atoms with van der Waals surface area (Å²) in [4.78, 5) is 4.61. The largest absolute Gasteiger partial charge is 0.497 e. The quantitative estimate of drug-likeness (QED) is 0.908. The first-order valence-corrected chi connectivity index (χ1v) is 7.33. The molecule has 1 aromatic rings. The molecule has 1 aromatic carbocycles. The van der Waals surface area contributed by atoms with E-state index in [1.165, 1.54) is 17.7 Å². The van der Waals surface area contributed by atoms with E-state index < -0.39 is 0 Å². The molecule has 2 rings (SSSR count). The zero-order valence-electron chi connectivity index (χ0n) is 11.0. The van der Waals surface area contributed by atoms with Gasteiger partial charge in [-0.05, 0) is 37.5 Å². The first kappa shape index (κ1) is 13.3. The van der Waals surface area contributed by atoms with Crippen LogP contribution in [0.1, 0.15) is 18.9 Å². The fourth-order valence-corrected chi connectivity index (χ4v) is 2.96. The SMILES string of the molecule is COc1ccc(CCN=C2NC(C)CCS2)cc1. The van der Waals surface area contributed by atoms with E-state index in [0.29, 0.717) is 6.04 Å². The van der Waals surface area contributed by atoms with Crippen molar-refractivity contribution in [1.29, 1.82) is 0 Å². The summed E-state index contributed by atoms with van der Waals surface area (Å²) in [6.07, 6.45) is 2.20. The minimum atomic E-state index is 0.561. The molecule has 1 atom stereocenters. The summed E-state index contributed by atoms with van der Waals surface area (Å²) in [5, 5.41) is 4.51. The first-order valence-electron chi connectivity index (χ1n) is 6.34. The topological polar surface area (TPSA) is 33.6 Å². The number of hydrogen-bond acceptors (Lipinski definition) is 3. The van der Waals surface area contributed by atoms with Crippen LogP contribution in [0.4, 0.5) is 0 Å². The van der Waals surface area contributed by atoms with Crippen molar-refractivity contribution in [3.8, 4) is 5.75 Å². The Hall–Kier alpha value is -1.16. The van der Waals surface area contributed by atoms with E-state index >= 15 is 0 Å². The lowest BCUT2D eigenvalue weighted by Gasteiger charge is -2.21. The van der Waals surface area contributed by atoms with Gasteiger partial charge in [-0.3, -0.25) is 4.99 Å². The number of methoxy groups -OCH3 is 1. The van der Waals surface area contributed by atoms with E-state index in [9.17, 15) is 0 Å². The number of nitrogens with one attached hydrogen (secondary N) is 1. The molecule has 4 heteroatoms. The fraction of sp³-hybridized carbons (Fsp3) is 0.500. The van der Waals surface area contributed by atoms with Gasteiger partial charge < -0.3 is 10.1 Å². The maximum atomic E-state index is 5.14. The maximum absolute atomic E-state index is 5.14. The van der Waals surface area contributed by atoms with Crippen molar-refractivity contribution < 1.29 is 4.74 Å². The molecule has 1 unspecified atom stereocenters. The molecule has 0 spiro atoms. The van der Waals surface area contributed by atoms with Crippen LogP contribution in [-0.2, 0) is 6.42 Å². The molecule has 0 aromatic heterocycles. The molecule has 0 radical (unpaired) electrons. The number of aliphatic imine (C=N–C) groups is 1. The van der Waals surface area contributed by atoms with Gasteiger partial charge in [0, 0.05) is 18.3 Å². The van der Waals surface area contributed by atoms with Crippen LogP contribution >= 0.6 is 11.8 Å². The Bertz CT molecular complexity index is 403. The Labute approximate surface area is 113 Å². The summed E-state index contributed by atoms with van der Waals surface area (Å²) in [6.45, 7) is 3.05. The Morgan fingerprint density at radius 2 is 2.17 bits per heavy atom. The zero-order chi connectivity index (χ0) is 12.8. The summed E-state index contributed by atoms with van der Waals surface area (Å²) < 4.78 is 5.14. The van der Waals surface area contributed by atoms with Gasteiger partial charge in [-0.2, -0.15) is 0 Å². The molecule has 1 fully saturated rings. The third kappa shape index (κ3) is 3.95. The second kappa shape index (κ2) is 6.69. The highest BCUT2D eigenvalue weighted by Gasteiger charge is 2.12. The molecule has 98 valence electrons. The lowest BCUT2D eigenvalue weighted by atomic mass is 10.1. The van der Waals surface area contributed by atoms with Gasteiger partial charge in [0.05, 0.1) is 7.11 Å². The molecule has 3 nitrogen and oxygen atoms in total. The number of nitrogens with zero attached hydrogens (tertiary/aromatic N) is 1. The average Bonchev–Trinajstić information content (AvgIpc) is 2.40. The number of amidine groups is 1. The van der Waals surface area contributed by atoms with Gasteiger partial charge in [0.2, 0.25) is 0 Å². The molecule has 1 aliphatic heterocycles. The molecule has 0 bridgehead atoms. The molecule has 1 heterocycles. The van der Waals surface area contributed by atoms with Gasteiger partial charge in [0.1, 0.15) is 5.75 Å². The van der Waals surface area contributed by atoms with E-state index in [2.05, 4.69) is 29.4 Å². The maximum Gasteiger partial charge on any atom is 0.156 e. The predicted octanol–water partition coefficient (Wildman–Crippen LogP) is 2.71. The lowest BCUT2D eigenvalue weighted by Crippen LogP contribution is -2.35. The second-order valence-electron chi connectivity index (χ2n) is 4.47. The van der Waals surface area contributed by atoms with E-state index in [-0.39, 0.29) is 0 Å². The molecular formula is C14H20N2OS. The van der Waals surface area contributed by atoms with Gasteiger partial charge in [-0.25, -0.2) is 0 Å². The molecule has 1 saturated heterocycles. The third-order valence-corrected chi connectivity index (χ3v) is 3.93. The Morgan fingerprint density at radius 1 is 1.39 bits per heavy atom. The molecule has 18 heavy (non-hydrogen) atoms. The van der Waals surface area contributed by atoms with Crippen LogP contribution in [0.25, 0.3) is 0 Å². The highest BCUT2D eigenvalue weighted by molar-refractivity contribution is 8.13. The van der Waals surface area contributed by atoms with E-state index in [4.69, 9.17) is 4.74 Å². The Kier molecular flexibility index (Phi) is 4.93. The molecule has 0 amide bonds. The normalized spacial score (nSPS) is 21.7. The second-order valence-corrected chi connectivity index (χ2v) is 5.55. The van der Waals surface area contributed by atoms with Crippen molar-refractivity contribution >= 4 is 16.9 Å². The van der Waals surface area contributed by atoms with Gasteiger partial charge in [0.25, 0.3) is 0 Å². The number of thioether (sulfide) groups is 1. The minimum Gasteiger partial charge on any atom is -0.497 e. The summed E-state index contributed by atoms with van der Waals surface area (Å²) in [5.41, 5.74) is 1.30. The monoisotopic (exact) mass is 264 g/mol. The van der Waals surface area contributed by atoms with Crippen molar-refractivity contribution in [1.82, 2.24) is 5.32 Å². The summed E-state index contributed by atoms with van der Waals surface area (Å²) >= 11 is 1.83. The van der Waals surface area contributed by atoms with Crippen LogP contribution in [0, 0.1) is 0 Å². The van der Waals surface area contributed by atoms with Crippen LogP contribution in [0.15, 0.2) is 29.3 Å². The highest BCUT2D eigenvalue weighted by atomic mass is 32.2. The van der Waals surface area contributed by atoms with Crippen molar-refractivity contribution in [3.63, 3.8) is 0 Å². The highest BCUT2D eigenvalue weighted by Crippen LogP contribution is 2.14. The Balaban J connectivity index is 1.81. The summed E-state index contributed by atoms with van der Waals surface area (Å²) in [6, 6.07) is 8.76. The first-order chi connectivity index (χ1) is 8.78. The van der Waals surface area contributed by atoms with Gasteiger partial charge >= 0.3 is 0 Å². The lowest BCUT2D eigenvalue weighted by molar-refractivity contribution is 0.414. The smallest absolute Gasteiger partial charge is 0.156 e. The van der Waals surface area contributed by atoms with Crippen molar-refractivity contribution in [2.24, 2.45) is 4.99 Å². The van der Waals surface area contributed by atoms with Crippen molar-refractivity contribution in [2.45, 2.75) is 25.8 Å². The van der Waals surface area contributed by atoms with E-state index in [0.717, 1.165) is 23.9 Å². The minimum absolute atomic E-state index is 0.561. The van der Waals surface area contributed by atoms with Crippen molar-refractivity contribution in [3.05, 3.63) is 29.8 Å². The Morgan fingerprint density at radius 3 is 2.83 bits per heavy atom. The number of benzene rings is 1. The van der Waals surface area contributed by atoms with Crippen LogP contribution in [0.3, 0.4) is 0 Å². The van der Waals surface area contributed by atoms with Crippen molar-refractivity contribution in [2.75, 3.05) is 19.4 Å². The number of ether oxygens (including phenoxy) is 1. The summed E-state index contributed by atoms with van der Waals surface area (Å²) in [7, 11) is 1.69. The van der Waals surface area contributed by atoms with Crippen LogP contribution in [0.5, 0.6) is 5.75 Å². The number of rotatable bonds is 4. The standard InChI is InChI=1S/C14H20N2OS/c1-11-8-10-18-14(16-11)15-9-7-12-3-5-13(17-2)6-4-12/h3-6,11H,7-10H2,1-2H3,(H,15,16). The third-order valence-electron chi connectivity index (χ3n) is 2.97. The number of hydrogen-bond donors (Lipinski definition) is 1. The molecule has 0 aliphatic carbocycles. The fourth-order valence-electron chi connectivity index (χ4n) is 1.83. The molecule has 1 aliphatic rings. The predicted molar refractivity (Wildman–Crippen MR) is 78.7 cm³/mol. The molecule has 1 N–H and O–H groups in total. The molecule has 0 saturated carbocycles.